The van der Waals surface area contributed by atoms with Gasteiger partial charge < -0.3 is 14.5 Å². The number of para-hydroxylation sites is 1. The summed E-state index contributed by atoms with van der Waals surface area (Å²) >= 11 is 0. The first kappa shape index (κ1) is 21.4. The van der Waals surface area contributed by atoms with Crippen LogP contribution >= 0.6 is 0 Å². The molecule has 5 heteroatoms. The first-order valence-electron chi connectivity index (χ1n) is 11.5. The van der Waals surface area contributed by atoms with Crippen molar-refractivity contribution < 1.29 is 14.3 Å². The standard InChI is InChI=1S/C26H32N2O3/c1-20-8-7-9-22(18-20)25(29)28-16-12-21(13-17-28)19-31-24-11-4-3-10-23(24)26(30)27-14-5-2-6-15-27/h3-4,7-11,18,21H,2,5-6,12-17,19H2,1H3. The molecule has 0 spiro atoms. The van der Waals surface area contributed by atoms with E-state index in [2.05, 4.69) is 0 Å². The number of carbonyl (C=O) groups is 2. The van der Waals surface area contributed by atoms with Gasteiger partial charge in [-0.1, -0.05) is 29.8 Å². The molecule has 31 heavy (non-hydrogen) atoms. The second kappa shape index (κ2) is 9.99. The number of hydrogen-bond donors (Lipinski definition) is 0. The Balaban J connectivity index is 1.31. The molecule has 0 unspecified atom stereocenters. The summed E-state index contributed by atoms with van der Waals surface area (Å²) in [5.74, 6) is 1.26. The van der Waals surface area contributed by atoms with E-state index in [9.17, 15) is 9.59 Å². The molecular formula is C26H32N2O3. The van der Waals surface area contributed by atoms with Crippen LogP contribution in [0.3, 0.4) is 0 Å². The number of rotatable bonds is 5. The molecule has 2 fully saturated rings. The monoisotopic (exact) mass is 420 g/mol. The third kappa shape index (κ3) is 5.27. The van der Waals surface area contributed by atoms with Crippen molar-refractivity contribution in [1.82, 2.24) is 9.80 Å². The highest BCUT2D eigenvalue weighted by atomic mass is 16.5. The summed E-state index contributed by atoms with van der Waals surface area (Å²) in [5.41, 5.74) is 2.53. The molecule has 4 rings (SSSR count). The van der Waals surface area contributed by atoms with Crippen LogP contribution in [-0.2, 0) is 0 Å². The molecule has 2 aromatic rings. The van der Waals surface area contributed by atoms with E-state index >= 15 is 0 Å². The Morgan fingerprint density at radius 2 is 1.58 bits per heavy atom. The lowest BCUT2D eigenvalue weighted by atomic mass is 9.97. The van der Waals surface area contributed by atoms with Gasteiger partial charge >= 0.3 is 0 Å². The zero-order valence-electron chi connectivity index (χ0n) is 18.4. The van der Waals surface area contributed by atoms with E-state index in [-0.39, 0.29) is 11.8 Å². The maximum atomic E-state index is 13.0. The smallest absolute Gasteiger partial charge is 0.257 e. The van der Waals surface area contributed by atoms with Gasteiger partial charge in [0.25, 0.3) is 11.8 Å². The lowest BCUT2D eigenvalue weighted by Crippen LogP contribution is -2.39. The first-order chi connectivity index (χ1) is 15.1. The minimum absolute atomic E-state index is 0.0777. The number of amides is 2. The maximum absolute atomic E-state index is 13.0. The van der Waals surface area contributed by atoms with E-state index in [1.165, 1.54) is 6.42 Å². The van der Waals surface area contributed by atoms with E-state index in [0.29, 0.717) is 23.8 Å². The van der Waals surface area contributed by atoms with E-state index in [1.54, 1.807) is 0 Å². The maximum Gasteiger partial charge on any atom is 0.257 e. The summed E-state index contributed by atoms with van der Waals surface area (Å²) < 4.78 is 6.13. The van der Waals surface area contributed by atoms with E-state index in [4.69, 9.17) is 4.74 Å². The summed E-state index contributed by atoms with van der Waals surface area (Å²) in [5, 5.41) is 0. The Kier molecular flexibility index (Phi) is 6.90. The van der Waals surface area contributed by atoms with Crippen molar-refractivity contribution >= 4 is 11.8 Å². The van der Waals surface area contributed by atoms with Crippen molar-refractivity contribution in [3.8, 4) is 5.75 Å². The van der Waals surface area contributed by atoms with Crippen LogP contribution in [0.2, 0.25) is 0 Å². The highest BCUT2D eigenvalue weighted by molar-refractivity contribution is 5.97. The van der Waals surface area contributed by atoms with Crippen LogP contribution in [0.1, 0.15) is 58.4 Å². The molecule has 2 heterocycles. The largest absolute Gasteiger partial charge is 0.492 e. The van der Waals surface area contributed by atoms with Gasteiger partial charge in [0.05, 0.1) is 12.2 Å². The van der Waals surface area contributed by atoms with Crippen molar-refractivity contribution in [2.75, 3.05) is 32.8 Å². The van der Waals surface area contributed by atoms with Crippen LogP contribution in [0, 0.1) is 12.8 Å². The topological polar surface area (TPSA) is 49.9 Å². The number of carbonyl (C=O) groups excluding carboxylic acids is 2. The highest BCUT2D eigenvalue weighted by Crippen LogP contribution is 2.25. The van der Waals surface area contributed by atoms with Gasteiger partial charge in [0.2, 0.25) is 0 Å². The second-order valence-electron chi connectivity index (χ2n) is 8.77. The fourth-order valence-electron chi connectivity index (χ4n) is 4.51. The molecule has 0 atom stereocenters. The van der Waals surface area contributed by atoms with Crippen LogP contribution < -0.4 is 4.74 Å². The fourth-order valence-corrected chi connectivity index (χ4v) is 4.51. The zero-order valence-corrected chi connectivity index (χ0v) is 18.4. The summed E-state index contributed by atoms with van der Waals surface area (Å²) in [6.07, 6.45) is 5.19. The van der Waals surface area contributed by atoms with Crippen LogP contribution in [0.5, 0.6) is 5.75 Å². The minimum Gasteiger partial charge on any atom is -0.492 e. The highest BCUT2D eigenvalue weighted by Gasteiger charge is 2.25. The Bertz CT molecular complexity index is 912. The molecular weight excluding hydrogens is 388 g/mol. The number of ether oxygens (including phenoxy) is 1. The molecule has 0 N–H and O–H groups in total. The first-order valence-corrected chi connectivity index (χ1v) is 11.5. The predicted molar refractivity (Wildman–Crippen MR) is 121 cm³/mol. The number of benzene rings is 2. The third-order valence-electron chi connectivity index (χ3n) is 6.40. The quantitative estimate of drug-likeness (QED) is 0.713. The number of nitrogens with zero attached hydrogens (tertiary/aromatic N) is 2. The normalized spacial score (nSPS) is 17.5. The van der Waals surface area contributed by atoms with Gasteiger partial charge in [0.15, 0.2) is 0 Å². The Morgan fingerprint density at radius 1 is 0.871 bits per heavy atom. The minimum atomic E-state index is 0.0777. The van der Waals surface area contributed by atoms with Gasteiger partial charge in [0, 0.05) is 31.7 Å². The number of piperidine rings is 2. The molecule has 2 amide bonds. The van der Waals surface area contributed by atoms with E-state index < -0.39 is 0 Å². The van der Waals surface area contributed by atoms with Gasteiger partial charge in [-0.3, -0.25) is 9.59 Å². The molecule has 0 bridgehead atoms. The lowest BCUT2D eigenvalue weighted by Gasteiger charge is -2.32. The van der Waals surface area contributed by atoms with Crippen molar-refractivity contribution in [1.29, 1.82) is 0 Å². The second-order valence-corrected chi connectivity index (χ2v) is 8.77. The fraction of sp³-hybridized carbons (Fsp3) is 0.462. The van der Waals surface area contributed by atoms with Crippen LogP contribution in [-0.4, -0.2) is 54.4 Å². The van der Waals surface area contributed by atoms with E-state index in [0.717, 1.165) is 63.0 Å². The lowest BCUT2D eigenvalue weighted by molar-refractivity contribution is 0.0652. The molecule has 2 aliphatic rings. The SMILES string of the molecule is Cc1cccc(C(=O)N2CCC(COc3ccccc3C(=O)N3CCCCC3)CC2)c1. The van der Waals surface area contributed by atoms with E-state index in [1.807, 2.05) is 65.3 Å². The van der Waals surface area contributed by atoms with Crippen LogP contribution in [0.15, 0.2) is 48.5 Å². The third-order valence-corrected chi connectivity index (χ3v) is 6.40. The van der Waals surface area contributed by atoms with Gasteiger partial charge in [-0.15, -0.1) is 0 Å². The molecule has 0 aromatic heterocycles. The molecule has 164 valence electrons. The molecule has 2 saturated heterocycles. The summed E-state index contributed by atoms with van der Waals surface area (Å²) in [4.78, 5) is 29.6. The molecule has 0 aliphatic carbocycles. The Hall–Kier alpha value is -2.82. The van der Waals surface area contributed by atoms with Gasteiger partial charge in [-0.25, -0.2) is 0 Å². The average molecular weight is 421 g/mol. The van der Waals surface area contributed by atoms with Crippen LogP contribution in [0.4, 0.5) is 0 Å². The summed E-state index contributed by atoms with van der Waals surface area (Å²) in [6.45, 7) is 5.75. The summed E-state index contributed by atoms with van der Waals surface area (Å²) in [6, 6.07) is 15.4. The predicted octanol–water partition coefficient (Wildman–Crippen LogP) is 4.55. The van der Waals surface area contributed by atoms with Gasteiger partial charge in [-0.2, -0.15) is 0 Å². The van der Waals surface area contributed by atoms with Crippen molar-refractivity contribution in [3.63, 3.8) is 0 Å². The molecule has 2 aliphatic heterocycles. The summed E-state index contributed by atoms with van der Waals surface area (Å²) in [7, 11) is 0. The van der Waals surface area contributed by atoms with Gasteiger partial charge in [-0.05, 0) is 69.2 Å². The molecule has 0 saturated carbocycles. The molecule has 5 nitrogen and oxygen atoms in total. The zero-order chi connectivity index (χ0) is 21.6. The van der Waals surface area contributed by atoms with Crippen LogP contribution in [0.25, 0.3) is 0 Å². The molecule has 0 radical (unpaired) electrons. The van der Waals surface area contributed by atoms with Gasteiger partial charge in [0.1, 0.15) is 5.75 Å². The number of hydrogen-bond acceptors (Lipinski definition) is 3. The van der Waals surface area contributed by atoms with Crippen molar-refractivity contribution in [2.24, 2.45) is 5.92 Å². The number of aryl methyl sites for hydroxylation is 1. The Labute approximate surface area is 185 Å². The van der Waals surface area contributed by atoms with Crippen molar-refractivity contribution in [2.45, 2.75) is 39.0 Å². The number of likely N-dealkylation sites (tertiary alicyclic amines) is 2. The average Bonchev–Trinajstić information content (AvgIpc) is 2.83. The van der Waals surface area contributed by atoms with Crippen molar-refractivity contribution in [3.05, 3.63) is 65.2 Å². The molecule has 2 aromatic carbocycles. The Morgan fingerprint density at radius 3 is 2.32 bits per heavy atom.